The van der Waals surface area contributed by atoms with E-state index in [2.05, 4.69) is 20.6 Å². The fourth-order valence-corrected chi connectivity index (χ4v) is 3.11. The Morgan fingerprint density at radius 1 is 1.14 bits per heavy atom. The van der Waals surface area contributed by atoms with Crippen molar-refractivity contribution in [2.75, 3.05) is 6.54 Å². The molecule has 2 atom stereocenters. The summed E-state index contributed by atoms with van der Waals surface area (Å²) in [6.07, 6.45) is 6.81. The Labute approximate surface area is 170 Å². The third-order valence-corrected chi connectivity index (χ3v) is 4.75. The van der Waals surface area contributed by atoms with Crippen LogP contribution in [0.2, 0.25) is 0 Å². The van der Waals surface area contributed by atoms with Gasteiger partial charge in [0.15, 0.2) is 0 Å². The lowest BCUT2D eigenvalue weighted by Crippen LogP contribution is -2.51. The van der Waals surface area contributed by atoms with E-state index in [1.165, 1.54) is 6.33 Å². The average molecular weight is 399 g/mol. The van der Waals surface area contributed by atoms with E-state index in [-0.39, 0.29) is 17.6 Å². The molecule has 0 radical (unpaired) electrons. The Balaban J connectivity index is 1.77. The number of amides is 2. The lowest BCUT2D eigenvalue weighted by atomic mass is 9.96. The van der Waals surface area contributed by atoms with Gasteiger partial charge in [0.25, 0.3) is 0 Å². The molecule has 1 heterocycles. The number of phenols is 1. The van der Waals surface area contributed by atoms with Crippen LogP contribution in [0.5, 0.6) is 5.75 Å². The molecule has 0 fully saturated rings. The summed E-state index contributed by atoms with van der Waals surface area (Å²) in [6, 6.07) is 1.82. The number of aromatic hydroxyl groups is 1. The molecule has 1 aromatic heterocycles. The molecule has 0 bridgehead atoms. The number of carbonyl (C=O) groups excluding carboxylic acids is 2. The molecule has 0 saturated heterocycles. The molecule has 8 heteroatoms. The van der Waals surface area contributed by atoms with Crippen molar-refractivity contribution in [2.45, 2.75) is 52.1 Å². The van der Waals surface area contributed by atoms with Crippen molar-refractivity contribution in [3.05, 3.63) is 53.1 Å². The average Bonchev–Trinajstić information content (AvgIpc) is 2.68. The van der Waals surface area contributed by atoms with Crippen molar-refractivity contribution >= 4 is 11.8 Å². The van der Waals surface area contributed by atoms with E-state index in [0.29, 0.717) is 13.0 Å². The Morgan fingerprint density at radius 3 is 2.38 bits per heavy atom. The predicted octanol–water partition coefficient (Wildman–Crippen LogP) is 0.923. The fourth-order valence-electron chi connectivity index (χ4n) is 3.11. The first-order valence-electron chi connectivity index (χ1n) is 9.64. The van der Waals surface area contributed by atoms with E-state index in [9.17, 15) is 14.7 Å². The molecule has 1 aromatic carbocycles. The van der Waals surface area contributed by atoms with Crippen LogP contribution in [0, 0.1) is 13.8 Å². The third kappa shape index (κ3) is 6.83. The number of aryl methyl sites for hydroxylation is 3. The first-order chi connectivity index (χ1) is 13.8. The second-order valence-electron chi connectivity index (χ2n) is 7.24. The summed E-state index contributed by atoms with van der Waals surface area (Å²) in [5.74, 6) is -0.459. The highest BCUT2D eigenvalue weighted by molar-refractivity contribution is 5.89. The second kappa shape index (κ2) is 10.5. The third-order valence-electron chi connectivity index (χ3n) is 4.75. The number of nitrogens with zero attached hydrogens (tertiary/aromatic N) is 2. The Kier molecular flexibility index (Phi) is 8.09. The van der Waals surface area contributed by atoms with E-state index in [1.807, 2.05) is 13.8 Å². The minimum Gasteiger partial charge on any atom is -0.508 e. The second-order valence-corrected chi connectivity index (χ2v) is 7.24. The summed E-state index contributed by atoms with van der Waals surface area (Å²) in [6.45, 7) is 5.85. The monoisotopic (exact) mass is 399 g/mol. The molecule has 156 valence electrons. The lowest BCUT2D eigenvalue weighted by molar-refractivity contribution is -0.129. The summed E-state index contributed by atoms with van der Waals surface area (Å²) >= 11 is 0. The zero-order valence-electron chi connectivity index (χ0n) is 17.1. The largest absolute Gasteiger partial charge is 0.508 e. The molecule has 2 amide bonds. The van der Waals surface area contributed by atoms with Crippen LogP contribution in [0.1, 0.15) is 35.6 Å². The van der Waals surface area contributed by atoms with Gasteiger partial charge in [-0.25, -0.2) is 9.97 Å². The molecule has 0 aliphatic rings. The minimum atomic E-state index is -0.787. The molecular formula is C21H29N5O3. The molecule has 0 aliphatic heterocycles. The van der Waals surface area contributed by atoms with Gasteiger partial charge in [-0.15, -0.1) is 0 Å². The Hall–Kier alpha value is -3.00. The topological polar surface area (TPSA) is 130 Å². The van der Waals surface area contributed by atoms with Crippen LogP contribution in [0.3, 0.4) is 0 Å². The molecule has 0 unspecified atom stereocenters. The normalized spacial score (nSPS) is 12.8. The van der Waals surface area contributed by atoms with Crippen molar-refractivity contribution in [2.24, 2.45) is 5.73 Å². The summed E-state index contributed by atoms with van der Waals surface area (Å²) in [7, 11) is 0. The van der Waals surface area contributed by atoms with Crippen molar-refractivity contribution in [3.8, 4) is 5.75 Å². The molecule has 2 aromatic rings. The van der Waals surface area contributed by atoms with Gasteiger partial charge < -0.3 is 21.5 Å². The van der Waals surface area contributed by atoms with Crippen LogP contribution < -0.4 is 16.4 Å². The van der Waals surface area contributed by atoms with Gasteiger partial charge in [-0.2, -0.15) is 0 Å². The summed E-state index contributed by atoms with van der Waals surface area (Å²) < 4.78 is 0. The Morgan fingerprint density at radius 2 is 1.76 bits per heavy atom. The number of hydrogen-bond acceptors (Lipinski definition) is 6. The molecule has 0 aliphatic carbocycles. The maximum atomic E-state index is 12.4. The Bertz CT molecular complexity index is 818. The minimum absolute atomic E-state index is 0.187. The molecule has 5 N–H and O–H groups in total. The van der Waals surface area contributed by atoms with E-state index in [1.54, 1.807) is 31.5 Å². The number of nitrogens with one attached hydrogen (secondary N) is 2. The van der Waals surface area contributed by atoms with E-state index in [4.69, 9.17) is 5.73 Å². The van der Waals surface area contributed by atoms with Gasteiger partial charge >= 0.3 is 0 Å². The number of rotatable bonds is 9. The van der Waals surface area contributed by atoms with Crippen molar-refractivity contribution in [1.82, 2.24) is 20.6 Å². The highest BCUT2D eigenvalue weighted by atomic mass is 16.3. The molecule has 2 rings (SSSR count). The van der Waals surface area contributed by atoms with Gasteiger partial charge in [0.2, 0.25) is 11.8 Å². The number of hydrogen-bond donors (Lipinski definition) is 4. The van der Waals surface area contributed by atoms with Crippen LogP contribution in [0.15, 0.2) is 30.9 Å². The van der Waals surface area contributed by atoms with Gasteiger partial charge in [-0.1, -0.05) is 0 Å². The van der Waals surface area contributed by atoms with Crippen molar-refractivity contribution in [3.63, 3.8) is 0 Å². The molecule has 8 nitrogen and oxygen atoms in total. The summed E-state index contributed by atoms with van der Waals surface area (Å²) in [5, 5.41) is 15.1. The summed E-state index contributed by atoms with van der Waals surface area (Å²) in [5.41, 5.74) is 9.72. The van der Waals surface area contributed by atoms with Crippen LogP contribution in [0.25, 0.3) is 0 Å². The molecule has 0 spiro atoms. The standard InChI is InChI=1S/C21H29N5O3/c1-13-7-17(27)8-14(2)18(13)9-19(22)21(29)26-15(3)20(28)25-6-4-5-16-10-23-12-24-11-16/h7-8,10-12,15,19,27H,4-6,9,22H2,1-3H3,(H,25,28)(H,26,29)/t15-,19-/m1/s1. The number of aromatic nitrogens is 2. The molecule has 29 heavy (non-hydrogen) atoms. The van der Waals surface area contributed by atoms with Gasteiger partial charge in [0, 0.05) is 18.9 Å². The fraction of sp³-hybridized carbons (Fsp3) is 0.429. The molecular weight excluding hydrogens is 370 g/mol. The maximum Gasteiger partial charge on any atom is 0.242 e. The van der Waals surface area contributed by atoms with Gasteiger partial charge in [0.05, 0.1) is 6.04 Å². The highest BCUT2D eigenvalue weighted by Crippen LogP contribution is 2.21. The smallest absolute Gasteiger partial charge is 0.242 e. The number of benzene rings is 1. The van der Waals surface area contributed by atoms with E-state index < -0.39 is 12.1 Å². The van der Waals surface area contributed by atoms with Crippen molar-refractivity contribution < 1.29 is 14.7 Å². The quantitative estimate of drug-likeness (QED) is 0.464. The summed E-state index contributed by atoms with van der Waals surface area (Å²) in [4.78, 5) is 32.5. The zero-order chi connectivity index (χ0) is 21.4. The van der Waals surface area contributed by atoms with Crippen LogP contribution in [-0.4, -0.2) is 45.5 Å². The first-order valence-corrected chi connectivity index (χ1v) is 9.64. The number of phenolic OH excluding ortho intramolecular Hbond substituents is 1. The lowest BCUT2D eigenvalue weighted by Gasteiger charge is -2.19. The van der Waals surface area contributed by atoms with Crippen molar-refractivity contribution in [1.29, 1.82) is 0 Å². The van der Waals surface area contributed by atoms with Crippen LogP contribution >= 0.6 is 0 Å². The van der Waals surface area contributed by atoms with Gasteiger partial charge in [0.1, 0.15) is 18.1 Å². The van der Waals surface area contributed by atoms with Crippen LogP contribution in [0.4, 0.5) is 0 Å². The van der Waals surface area contributed by atoms with Crippen LogP contribution in [-0.2, 0) is 22.4 Å². The highest BCUT2D eigenvalue weighted by Gasteiger charge is 2.21. The SMILES string of the molecule is Cc1cc(O)cc(C)c1C[C@@H](N)C(=O)N[C@H](C)C(=O)NCCCc1cncnc1. The van der Waals surface area contributed by atoms with E-state index in [0.717, 1.165) is 35.1 Å². The zero-order valence-corrected chi connectivity index (χ0v) is 17.1. The maximum absolute atomic E-state index is 12.4. The van der Waals surface area contributed by atoms with Gasteiger partial charge in [-0.3, -0.25) is 9.59 Å². The predicted molar refractivity (Wildman–Crippen MR) is 110 cm³/mol. The van der Waals surface area contributed by atoms with E-state index >= 15 is 0 Å². The number of nitrogens with two attached hydrogens (primary N) is 1. The first kappa shape index (κ1) is 22.3. The van der Waals surface area contributed by atoms with Gasteiger partial charge in [-0.05, 0) is 74.4 Å². The molecule has 0 saturated carbocycles. The number of carbonyl (C=O) groups is 2.